The first-order valence-corrected chi connectivity index (χ1v) is 9.29. The van der Waals surface area contributed by atoms with Gasteiger partial charge in [-0.25, -0.2) is 18.1 Å². The summed E-state index contributed by atoms with van der Waals surface area (Å²) in [6, 6.07) is 11.2. The van der Waals surface area contributed by atoms with E-state index in [-0.39, 0.29) is 17.3 Å². The van der Waals surface area contributed by atoms with E-state index in [2.05, 4.69) is 25.0 Å². The Morgan fingerprint density at radius 1 is 1.00 bits per heavy atom. The average Bonchev–Trinajstić information content (AvgIpc) is 3.19. The van der Waals surface area contributed by atoms with Gasteiger partial charge in [0.1, 0.15) is 5.82 Å². The highest BCUT2D eigenvalue weighted by Crippen LogP contribution is 2.11. The molecule has 0 spiro atoms. The van der Waals surface area contributed by atoms with Crippen molar-refractivity contribution < 1.29 is 13.2 Å². The van der Waals surface area contributed by atoms with E-state index >= 15 is 0 Å². The zero-order valence-electron chi connectivity index (χ0n) is 13.7. The first-order valence-electron chi connectivity index (χ1n) is 7.81. The summed E-state index contributed by atoms with van der Waals surface area (Å²) in [4.78, 5) is 23.1. The van der Waals surface area contributed by atoms with Crippen molar-refractivity contribution in [1.82, 2.24) is 25.0 Å². The summed E-state index contributed by atoms with van der Waals surface area (Å²) in [6.07, 6.45) is 4.81. The number of sulfonamides is 1. The van der Waals surface area contributed by atoms with Crippen LogP contribution >= 0.6 is 0 Å². The van der Waals surface area contributed by atoms with Crippen LogP contribution in [0.3, 0.4) is 0 Å². The molecular weight excluding hydrogens is 354 g/mol. The van der Waals surface area contributed by atoms with Crippen LogP contribution in [0.4, 0.5) is 0 Å². The van der Waals surface area contributed by atoms with Crippen molar-refractivity contribution in [1.29, 1.82) is 0 Å². The fraction of sp³-hybridized carbons (Fsp3) is 0.118. The molecule has 2 aromatic heterocycles. The number of pyridine rings is 1. The summed E-state index contributed by atoms with van der Waals surface area (Å²) in [5, 5.41) is 2.74. The van der Waals surface area contributed by atoms with Crippen molar-refractivity contribution in [2.45, 2.75) is 18.0 Å². The molecular formula is C17H17N5O3S. The maximum absolute atomic E-state index is 12.3. The minimum atomic E-state index is -3.69. The minimum absolute atomic E-state index is 0.0572. The standard InChI is InChI=1S/C17H17N5O3S/c23-17(21-11-14-3-1-2-8-18-14)13-4-6-15(7-5-13)26(24,25)22-12-16-19-9-10-20-16/h1-10,22H,11-12H2,(H,19,20)(H,21,23). The number of hydrogen-bond donors (Lipinski definition) is 3. The summed E-state index contributed by atoms with van der Waals surface area (Å²) in [6.45, 7) is 0.353. The van der Waals surface area contributed by atoms with Gasteiger partial charge in [0.05, 0.1) is 23.7 Å². The lowest BCUT2D eigenvalue weighted by Crippen LogP contribution is -2.25. The van der Waals surface area contributed by atoms with Crippen molar-refractivity contribution in [2.75, 3.05) is 0 Å². The summed E-state index contributed by atoms with van der Waals surface area (Å²) in [5.41, 5.74) is 1.10. The zero-order valence-corrected chi connectivity index (χ0v) is 14.5. The highest BCUT2D eigenvalue weighted by molar-refractivity contribution is 7.89. The van der Waals surface area contributed by atoms with Gasteiger partial charge in [0.2, 0.25) is 10.0 Å². The molecule has 1 amide bonds. The molecule has 3 rings (SSSR count). The third-order valence-electron chi connectivity index (χ3n) is 3.57. The Morgan fingerprint density at radius 2 is 1.81 bits per heavy atom. The number of benzene rings is 1. The van der Waals surface area contributed by atoms with Crippen LogP contribution in [-0.4, -0.2) is 29.3 Å². The van der Waals surface area contributed by atoms with E-state index in [9.17, 15) is 13.2 Å². The van der Waals surface area contributed by atoms with Crippen molar-refractivity contribution in [3.05, 3.63) is 78.1 Å². The molecule has 1 aromatic carbocycles. The monoisotopic (exact) mass is 371 g/mol. The van der Waals surface area contributed by atoms with Crippen LogP contribution in [0.2, 0.25) is 0 Å². The van der Waals surface area contributed by atoms with Crippen LogP contribution in [-0.2, 0) is 23.1 Å². The molecule has 8 nitrogen and oxygen atoms in total. The zero-order chi connectivity index (χ0) is 18.4. The molecule has 0 unspecified atom stereocenters. The topological polar surface area (TPSA) is 117 Å². The van der Waals surface area contributed by atoms with E-state index in [1.807, 2.05) is 6.07 Å². The van der Waals surface area contributed by atoms with Crippen LogP contribution in [0.15, 0.2) is 66.0 Å². The fourth-order valence-electron chi connectivity index (χ4n) is 2.20. The summed E-state index contributed by atoms with van der Waals surface area (Å²) >= 11 is 0. The van der Waals surface area contributed by atoms with Crippen molar-refractivity contribution in [3.63, 3.8) is 0 Å². The van der Waals surface area contributed by atoms with Gasteiger partial charge in [-0.1, -0.05) is 6.07 Å². The molecule has 0 saturated heterocycles. The molecule has 3 N–H and O–H groups in total. The number of amides is 1. The Hall–Kier alpha value is -3.04. The number of aromatic amines is 1. The molecule has 2 heterocycles. The number of nitrogens with one attached hydrogen (secondary N) is 3. The van der Waals surface area contributed by atoms with Crippen molar-refractivity contribution in [3.8, 4) is 0 Å². The van der Waals surface area contributed by atoms with E-state index in [1.54, 1.807) is 30.7 Å². The van der Waals surface area contributed by atoms with Gasteiger partial charge in [0, 0.05) is 24.2 Å². The number of carbonyl (C=O) groups is 1. The van der Waals surface area contributed by atoms with Gasteiger partial charge in [-0.2, -0.15) is 0 Å². The van der Waals surface area contributed by atoms with Crippen LogP contribution in [0.5, 0.6) is 0 Å². The van der Waals surface area contributed by atoms with E-state index in [4.69, 9.17) is 0 Å². The predicted molar refractivity (Wildman–Crippen MR) is 94.5 cm³/mol. The van der Waals surface area contributed by atoms with Crippen LogP contribution in [0.25, 0.3) is 0 Å². The second kappa shape index (κ2) is 7.89. The van der Waals surface area contributed by atoms with Crippen LogP contribution in [0, 0.1) is 0 Å². The Balaban J connectivity index is 1.61. The van der Waals surface area contributed by atoms with E-state index in [0.29, 0.717) is 17.9 Å². The second-order valence-electron chi connectivity index (χ2n) is 5.39. The number of imidazole rings is 1. The maximum Gasteiger partial charge on any atom is 0.251 e. The Morgan fingerprint density at radius 3 is 2.46 bits per heavy atom. The average molecular weight is 371 g/mol. The first-order chi connectivity index (χ1) is 12.5. The Bertz CT molecular complexity index is 955. The molecule has 134 valence electrons. The number of hydrogen-bond acceptors (Lipinski definition) is 5. The molecule has 0 bridgehead atoms. The molecule has 0 aliphatic rings. The second-order valence-corrected chi connectivity index (χ2v) is 7.16. The fourth-order valence-corrected chi connectivity index (χ4v) is 3.19. The van der Waals surface area contributed by atoms with E-state index < -0.39 is 10.0 Å². The lowest BCUT2D eigenvalue weighted by Gasteiger charge is -2.07. The Labute approximate surface area is 150 Å². The van der Waals surface area contributed by atoms with Gasteiger partial charge in [0.15, 0.2) is 0 Å². The molecule has 26 heavy (non-hydrogen) atoms. The highest BCUT2D eigenvalue weighted by atomic mass is 32.2. The lowest BCUT2D eigenvalue weighted by atomic mass is 10.2. The smallest absolute Gasteiger partial charge is 0.251 e. The van der Waals surface area contributed by atoms with E-state index in [1.165, 1.54) is 24.3 Å². The van der Waals surface area contributed by atoms with Gasteiger partial charge in [-0.05, 0) is 36.4 Å². The van der Waals surface area contributed by atoms with E-state index in [0.717, 1.165) is 5.69 Å². The predicted octanol–water partition coefficient (Wildman–Crippen LogP) is 1.21. The maximum atomic E-state index is 12.3. The summed E-state index contributed by atoms with van der Waals surface area (Å²) < 4.78 is 27.0. The van der Waals surface area contributed by atoms with Gasteiger partial charge in [-0.3, -0.25) is 9.78 Å². The molecule has 0 aliphatic heterocycles. The first kappa shape index (κ1) is 17.8. The number of rotatable bonds is 7. The molecule has 0 saturated carbocycles. The Kier molecular flexibility index (Phi) is 5.40. The summed E-state index contributed by atoms with van der Waals surface area (Å²) in [7, 11) is -3.69. The molecule has 0 fully saturated rings. The van der Waals surface area contributed by atoms with Gasteiger partial charge in [-0.15, -0.1) is 0 Å². The molecule has 3 aromatic rings. The SMILES string of the molecule is O=C(NCc1ccccn1)c1ccc(S(=O)(=O)NCc2ncc[nH]2)cc1. The molecule has 9 heteroatoms. The van der Waals surface area contributed by atoms with Crippen LogP contribution in [0.1, 0.15) is 21.9 Å². The number of nitrogens with zero attached hydrogens (tertiary/aromatic N) is 2. The highest BCUT2D eigenvalue weighted by Gasteiger charge is 2.15. The van der Waals surface area contributed by atoms with Gasteiger partial charge < -0.3 is 10.3 Å². The van der Waals surface area contributed by atoms with Crippen LogP contribution < -0.4 is 10.0 Å². The summed E-state index contributed by atoms with van der Waals surface area (Å²) in [5.74, 6) is 0.210. The number of carbonyl (C=O) groups excluding carboxylic acids is 1. The molecule has 0 radical (unpaired) electrons. The largest absolute Gasteiger partial charge is 0.347 e. The normalized spacial score (nSPS) is 11.2. The lowest BCUT2D eigenvalue weighted by molar-refractivity contribution is 0.0950. The molecule has 0 aliphatic carbocycles. The van der Waals surface area contributed by atoms with Crippen molar-refractivity contribution >= 4 is 15.9 Å². The molecule has 0 atom stereocenters. The van der Waals surface area contributed by atoms with Gasteiger partial charge in [0.25, 0.3) is 5.91 Å². The van der Waals surface area contributed by atoms with Gasteiger partial charge >= 0.3 is 0 Å². The number of H-pyrrole nitrogens is 1. The minimum Gasteiger partial charge on any atom is -0.347 e. The van der Waals surface area contributed by atoms with Crippen molar-refractivity contribution in [2.24, 2.45) is 0 Å². The third-order valence-corrected chi connectivity index (χ3v) is 4.98. The third kappa shape index (κ3) is 4.52. The quantitative estimate of drug-likeness (QED) is 0.577. The number of aromatic nitrogens is 3.